The van der Waals surface area contributed by atoms with E-state index in [4.69, 9.17) is 0 Å². The Hall–Kier alpha value is -2.49. The van der Waals surface area contributed by atoms with Crippen molar-refractivity contribution in [2.24, 2.45) is 0 Å². The van der Waals surface area contributed by atoms with Crippen LogP contribution in [-0.4, -0.2) is 40.2 Å². The molecule has 9 heteroatoms. The molecule has 164 valence electrons. The summed E-state index contributed by atoms with van der Waals surface area (Å²) >= 11 is 1.33. The number of aromatic nitrogens is 2. The summed E-state index contributed by atoms with van der Waals surface area (Å²) in [5.74, 6) is -0.210. The third-order valence-electron chi connectivity index (χ3n) is 5.16. The fraction of sp³-hybridized carbons (Fsp3) is 0.318. The number of alkyl halides is 3. The molecule has 0 aliphatic carbocycles. The van der Waals surface area contributed by atoms with Gasteiger partial charge in [-0.25, -0.2) is 4.68 Å². The summed E-state index contributed by atoms with van der Waals surface area (Å²) in [5.41, 5.74) is 3.35. The zero-order chi connectivity index (χ0) is 21.8. The molecule has 1 fully saturated rings. The maximum atomic E-state index is 12.4. The normalized spacial score (nSPS) is 17.2. The standard InChI is InChI=1S/C22H23F3N4OS/c1-16-17(13-26-29(16)19-6-3-2-4-7-19)14-28-11-10-18(15-28)27-31-21-9-5-8-20(12-21)30-22(23,24)25/h2-9,12-13,18,27H,10-11,14-15H2,1H3. The van der Waals surface area contributed by atoms with Crippen molar-refractivity contribution in [3.63, 3.8) is 0 Å². The van der Waals surface area contributed by atoms with E-state index in [-0.39, 0.29) is 11.8 Å². The van der Waals surface area contributed by atoms with Crippen LogP contribution in [0.4, 0.5) is 13.2 Å². The van der Waals surface area contributed by atoms with E-state index >= 15 is 0 Å². The van der Waals surface area contributed by atoms with Crippen LogP contribution in [0, 0.1) is 6.92 Å². The minimum Gasteiger partial charge on any atom is -0.406 e. The average Bonchev–Trinajstić information content (AvgIpc) is 3.33. The lowest BCUT2D eigenvalue weighted by atomic mass is 10.2. The number of ether oxygens (including phenoxy) is 1. The van der Waals surface area contributed by atoms with Gasteiger partial charge in [-0.3, -0.25) is 9.62 Å². The molecule has 2 aromatic carbocycles. The third kappa shape index (κ3) is 5.81. The van der Waals surface area contributed by atoms with Gasteiger partial charge in [0.05, 0.1) is 11.9 Å². The molecule has 1 aliphatic rings. The number of likely N-dealkylation sites (tertiary alicyclic amines) is 1. The topological polar surface area (TPSA) is 42.3 Å². The van der Waals surface area contributed by atoms with Crippen LogP contribution in [0.1, 0.15) is 17.7 Å². The van der Waals surface area contributed by atoms with Crippen LogP contribution in [0.5, 0.6) is 5.75 Å². The number of halogens is 3. The lowest BCUT2D eigenvalue weighted by Crippen LogP contribution is -2.28. The molecular weight excluding hydrogens is 425 g/mol. The predicted octanol–water partition coefficient (Wildman–Crippen LogP) is 4.95. The highest BCUT2D eigenvalue weighted by molar-refractivity contribution is 7.97. The Kier molecular flexibility index (Phi) is 6.54. The van der Waals surface area contributed by atoms with Crippen LogP contribution in [0.15, 0.2) is 65.7 Å². The van der Waals surface area contributed by atoms with Gasteiger partial charge < -0.3 is 4.74 Å². The van der Waals surface area contributed by atoms with Crippen molar-refractivity contribution in [3.8, 4) is 11.4 Å². The minimum absolute atomic E-state index is 0.210. The first-order valence-corrected chi connectivity index (χ1v) is 10.8. The summed E-state index contributed by atoms with van der Waals surface area (Å²) in [5, 5.41) is 4.53. The number of nitrogens with zero attached hydrogens (tertiary/aromatic N) is 3. The quantitative estimate of drug-likeness (QED) is 0.518. The SMILES string of the molecule is Cc1c(CN2CCC(NSc3cccc(OC(F)(F)F)c3)C2)cnn1-c1ccccc1. The zero-order valence-electron chi connectivity index (χ0n) is 17.0. The molecule has 2 heterocycles. The molecule has 4 rings (SSSR count). The van der Waals surface area contributed by atoms with Gasteiger partial charge in [-0.2, -0.15) is 5.10 Å². The third-order valence-corrected chi connectivity index (χ3v) is 6.10. The summed E-state index contributed by atoms with van der Waals surface area (Å²) in [6.45, 7) is 4.70. The lowest BCUT2D eigenvalue weighted by molar-refractivity contribution is -0.274. The summed E-state index contributed by atoms with van der Waals surface area (Å²) < 4.78 is 46.5. The highest BCUT2D eigenvalue weighted by Gasteiger charge is 2.31. The van der Waals surface area contributed by atoms with Gasteiger partial charge in [0.25, 0.3) is 0 Å². The highest BCUT2D eigenvalue weighted by atomic mass is 32.2. The van der Waals surface area contributed by atoms with Gasteiger partial charge in [0.2, 0.25) is 0 Å². The minimum atomic E-state index is -4.69. The fourth-order valence-electron chi connectivity index (χ4n) is 3.63. The summed E-state index contributed by atoms with van der Waals surface area (Å²) in [4.78, 5) is 3.04. The number of hydrogen-bond donors (Lipinski definition) is 1. The molecule has 0 amide bonds. The second-order valence-electron chi connectivity index (χ2n) is 7.47. The molecule has 0 bridgehead atoms. The van der Waals surface area contributed by atoms with Gasteiger partial charge in [-0.15, -0.1) is 13.2 Å². The molecule has 5 nitrogen and oxygen atoms in total. The molecule has 31 heavy (non-hydrogen) atoms. The van der Waals surface area contributed by atoms with E-state index in [0.29, 0.717) is 4.90 Å². The average molecular weight is 449 g/mol. The van der Waals surface area contributed by atoms with Crippen LogP contribution in [-0.2, 0) is 6.54 Å². The zero-order valence-corrected chi connectivity index (χ0v) is 17.8. The second-order valence-corrected chi connectivity index (χ2v) is 8.38. The first-order valence-electron chi connectivity index (χ1n) is 9.97. The fourth-order valence-corrected chi connectivity index (χ4v) is 4.44. The Morgan fingerprint density at radius 3 is 2.74 bits per heavy atom. The van der Waals surface area contributed by atoms with E-state index in [2.05, 4.69) is 26.4 Å². The van der Waals surface area contributed by atoms with Gasteiger partial charge >= 0.3 is 6.36 Å². The lowest BCUT2D eigenvalue weighted by Gasteiger charge is -2.16. The van der Waals surface area contributed by atoms with E-state index < -0.39 is 6.36 Å². The van der Waals surface area contributed by atoms with Crippen LogP contribution in [0.25, 0.3) is 5.69 Å². The molecule has 3 aromatic rings. The van der Waals surface area contributed by atoms with Gasteiger partial charge in [-0.05, 0) is 55.6 Å². The van der Waals surface area contributed by atoms with Gasteiger partial charge in [0.15, 0.2) is 0 Å². The molecule has 1 aliphatic heterocycles. The van der Waals surface area contributed by atoms with Crippen LogP contribution in [0.3, 0.4) is 0 Å². The van der Waals surface area contributed by atoms with Crippen molar-refractivity contribution < 1.29 is 17.9 Å². The van der Waals surface area contributed by atoms with Crippen LogP contribution < -0.4 is 9.46 Å². The Morgan fingerprint density at radius 2 is 1.97 bits per heavy atom. The molecule has 1 aromatic heterocycles. The van der Waals surface area contributed by atoms with Crippen molar-refractivity contribution in [1.29, 1.82) is 0 Å². The van der Waals surface area contributed by atoms with Crippen molar-refractivity contribution in [3.05, 3.63) is 72.1 Å². The van der Waals surface area contributed by atoms with Gasteiger partial charge in [0.1, 0.15) is 5.75 Å². The van der Waals surface area contributed by atoms with E-state index in [9.17, 15) is 13.2 Å². The molecule has 0 spiro atoms. The van der Waals surface area contributed by atoms with Crippen molar-refractivity contribution in [2.75, 3.05) is 13.1 Å². The first-order chi connectivity index (χ1) is 14.9. The van der Waals surface area contributed by atoms with Crippen molar-refractivity contribution >= 4 is 11.9 Å². The number of para-hydroxylation sites is 1. The van der Waals surface area contributed by atoms with E-state index in [1.807, 2.05) is 41.2 Å². The number of benzene rings is 2. The second kappa shape index (κ2) is 9.33. The summed E-state index contributed by atoms with van der Waals surface area (Å²) in [6.07, 6.45) is -1.79. The van der Waals surface area contributed by atoms with Crippen molar-refractivity contribution in [1.82, 2.24) is 19.4 Å². The number of nitrogens with one attached hydrogen (secondary N) is 1. The maximum Gasteiger partial charge on any atom is 0.573 e. The van der Waals surface area contributed by atoms with Gasteiger partial charge in [-0.1, -0.05) is 24.3 Å². The largest absolute Gasteiger partial charge is 0.573 e. The number of hydrogen-bond acceptors (Lipinski definition) is 5. The smallest absolute Gasteiger partial charge is 0.406 e. The molecule has 1 N–H and O–H groups in total. The van der Waals surface area contributed by atoms with Crippen LogP contribution in [0.2, 0.25) is 0 Å². The molecule has 1 saturated heterocycles. The maximum absolute atomic E-state index is 12.4. The van der Waals surface area contributed by atoms with E-state index in [1.165, 1.54) is 29.6 Å². The molecule has 0 radical (unpaired) electrons. The van der Waals surface area contributed by atoms with Gasteiger partial charge in [0, 0.05) is 41.8 Å². The molecule has 1 unspecified atom stereocenters. The first kappa shape index (κ1) is 21.7. The Morgan fingerprint density at radius 1 is 1.16 bits per heavy atom. The summed E-state index contributed by atoms with van der Waals surface area (Å²) in [6, 6.07) is 16.3. The van der Waals surface area contributed by atoms with Crippen molar-refractivity contribution in [2.45, 2.75) is 37.2 Å². The van der Waals surface area contributed by atoms with E-state index in [0.717, 1.165) is 37.4 Å². The molecule has 1 atom stereocenters. The number of rotatable bonds is 7. The Bertz CT molecular complexity index is 1010. The van der Waals surface area contributed by atoms with E-state index in [1.54, 1.807) is 12.1 Å². The Balaban J connectivity index is 1.30. The monoisotopic (exact) mass is 448 g/mol. The highest BCUT2D eigenvalue weighted by Crippen LogP contribution is 2.27. The molecular formula is C22H23F3N4OS. The molecule has 0 saturated carbocycles. The predicted molar refractivity (Wildman–Crippen MR) is 114 cm³/mol. The van der Waals surface area contributed by atoms with Crippen LogP contribution >= 0.6 is 11.9 Å². The Labute approximate surface area is 183 Å². The summed E-state index contributed by atoms with van der Waals surface area (Å²) in [7, 11) is 0.